The highest BCUT2D eigenvalue weighted by atomic mass is 16.5. The molecule has 7 heteroatoms. The van der Waals surface area contributed by atoms with Gasteiger partial charge in [-0.05, 0) is 6.92 Å². The number of carbonyl (C=O) groups is 1. The van der Waals surface area contributed by atoms with Crippen molar-refractivity contribution in [2.75, 3.05) is 19.8 Å². The van der Waals surface area contributed by atoms with Crippen LogP contribution >= 0.6 is 0 Å². The number of nitrogens with zero attached hydrogens (tertiary/aromatic N) is 3. The van der Waals surface area contributed by atoms with Crippen LogP contribution in [0.25, 0.3) is 0 Å². The monoisotopic (exact) mass is 227 g/mol. The normalized spacial score (nSPS) is 24.8. The number of aromatic nitrogens is 3. The lowest BCUT2D eigenvalue weighted by molar-refractivity contribution is 0.0339. The second-order valence-corrected chi connectivity index (χ2v) is 3.49. The van der Waals surface area contributed by atoms with Gasteiger partial charge in [0.05, 0.1) is 19.4 Å². The number of carboxylic acids is 1. The molecule has 2 heterocycles. The Balaban J connectivity index is 2.13. The molecule has 1 aromatic rings. The lowest BCUT2D eigenvalue weighted by Gasteiger charge is -2.16. The Kier molecular flexibility index (Phi) is 3.16. The topological polar surface area (TPSA) is 86.5 Å². The third kappa shape index (κ3) is 2.05. The quantitative estimate of drug-likeness (QED) is 0.776. The molecule has 0 amide bonds. The fraction of sp³-hybridized carbons (Fsp3) is 0.667. The van der Waals surface area contributed by atoms with Crippen molar-refractivity contribution in [2.24, 2.45) is 0 Å². The van der Waals surface area contributed by atoms with E-state index in [4.69, 9.17) is 14.6 Å². The molecule has 2 rings (SSSR count). The number of carboxylic acid groups (broad SMARTS) is 1. The lowest BCUT2D eigenvalue weighted by Crippen LogP contribution is -2.26. The van der Waals surface area contributed by atoms with Crippen LogP contribution in [0.5, 0.6) is 0 Å². The number of hydrogen-bond donors (Lipinski definition) is 1. The van der Waals surface area contributed by atoms with E-state index in [1.807, 2.05) is 6.92 Å². The van der Waals surface area contributed by atoms with Crippen molar-refractivity contribution in [2.45, 2.75) is 19.1 Å². The largest absolute Gasteiger partial charge is 0.476 e. The Morgan fingerprint density at radius 1 is 1.75 bits per heavy atom. The van der Waals surface area contributed by atoms with Gasteiger partial charge in [-0.2, -0.15) is 0 Å². The van der Waals surface area contributed by atoms with Crippen LogP contribution in [0.15, 0.2) is 6.20 Å². The summed E-state index contributed by atoms with van der Waals surface area (Å²) in [7, 11) is 0. The smallest absolute Gasteiger partial charge is 0.358 e. The van der Waals surface area contributed by atoms with Crippen LogP contribution in [0.2, 0.25) is 0 Å². The molecule has 1 aliphatic rings. The summed E-state index contributed by atoms with van der Waals surface area (Å²) in [5.41, 5.74) is -0.0675. The van der Waals surface area contributed by atoms with Gasteiger partial charge in [0.2, 0.25) is 0 Å². The van der Waals surface area contributed by atoms with E-state index in [9.17, 15) is 4.79 Å². The van der Waals surface area contributed by atoms with Crippen LogP contribution in [0.4, 0.5) is 0 Å². The fourth-order valence-corrected chi connectivity index (χ4v) is 1.68. The predicted molar refractivity (Wildman–Crippen MR) is 52.3 cm³/mol. The molecular formula is C9H13N3O4. The maximum absolute atomic E-state index is 10.7. The van der Waals surface area contributed by atoms with Gasteiger partial charge in [-0.25, -0.2) is 9.48 Å². The van der Waals surface area contributed by atoms with Gasteiger partial charge < -0.3 is 14.6 Å². The van der Waals surface area contributed by atoms with Crippen LogP contribution in [-0.4, -0.2) is 52.0 Å². The lowest BCUT2D eigenvalue weighted by atomic mass is 10.2. The molecule has 1 aliphatic heterocycles. The van der Waals surface area contributed by atoms with Gasteiger partial charge >= 0.3 is 5.97 Å². The van der Waals surface area contributed by atoms with Crippen molar-refractivity contribution >= 4 is 5.97 Å². The molecule has 0 unspecified atom stereocenters. The van der Waals surface area contributed by atoms with E-state index in [0.29, 0.717) is 19.8 Å². The van der Waals surface area contributed by atoms with Crippen LogP contribution in [-0.2, 0) is 9.47 Å². The molecule has 1 aromatic heterocycles. The van der Waals surface area contributed by atoms with Gasteiger partial charge in [0.25, 0.3) is 0 Å². The molecule has 0 saturated carbocycles. The number of hydrogen-bond acceptors (Lipinski definition) is 5. The Bertz CT molecular complexity index is 379. The fourth-order valence-electron chi connectivity index (χ4n) is 1.68. The Morgan fingerprint density at radius 2 is 2.56 bits per heavy atom. The minimum atomic E-state index is -1.09. The van der Waals surface area contributed by atoms with Crippen LogP contribution in [0, 0.1) is 0 Å². The minimum absolute atomic E-state index is 0.0675. The molecule has 0 aliphatic carbocycles. The number of ether oxygens (including phenoxy) is 2. The second-order valence-electron chi connectivity index (χ2n) is 3.49. The number of rotatable bonds is 4. The Hall–Kier alpha value is -1.47. The van der Waals surface area contributed by atoms with E-state index < -0.39 is 5.97 Å². The summed E-state index contributed by atoms with van der Waals surface area (Å²) in [6, 6.07) is -0.0967. The van der Waals surface area contributed by atoms with E-state index in [0.717, 1.165) is 0 Å². The van der Waals surface area contributed by atoms with Crippen molar-refractivity contribution in [3.05, 3.63) is 11.9 Å². The maximum Gasteiger partial charge on any atom is 0.358 e. The second kappa shape index (κ2) is 4.58. The molecule has 0 radical (unpaired) electrons. The molecule has 0 bridgehead atoms. The molecule has 1 saturated heterocycles. The average Bonchev–Trinajstić information content (AvgIpc) is 2.84. The third-order valence-corrected chi connectivity index (χ3v) is 2.45. The number of aromatic carboxylic acids is 1. The summed E-state index contributed by atoms with van der Waals surface area (Å²) in [6.45, 7) is 3.46. The summed E-state index contributed by atoms with van der Waals surface area (Å²) in [5, 5.41) is 16.1. The minimum Gasteiger partial charge on any atom is -0.476 e. The molecule has 16 heavy (non-hydrogen) atoms. The standard InChI is InChI=1S/C9H13N3O4/c1-2-16-8-5-15-4-7(8)12-3-6(9(13)14)10-11-12/h3,7-8H,2,4-5H2,1H3,(H,13,14)/t7-,8-/m0/s1. The summed E-state index contributed by atoms with van der Waals surface area (Å²) in [4.78, 5) is 10.7. The molecule has 88 valence electrons. The zero-order valence-electron chi connectivity index (χ0n) is 8.87. The van der Waals surface area contributed by atoms with Gasteiger partial charge in [0.1, 0.15) is 12.1 Å². The van der Waals surface area contributed by atoms with Crippen LogP contribution in [0.3, 0.4) is 0 Å². The van der Waals surface area contributed by atoms with E-state index in [1.54, 1.807) is 0 Å². The van der Waals surface area contributed by atoms with E-state index >= 15 is 0 Å². The molecular weight excluding hydrogens is 214 g/mol. The van der Waals surface area contributed by atoms with Crippen molar-refractivity contribution in [1.82, 2.24) is 15.0 Å². The molecule has 2 atom stereocenters. The van der Waals surface area contributed by atoms with E-state index in [1.165, 1.54) is 10.9 Å². The van der Waals surface area contributed by atoms with Gasteiger partial charge in [-0.1, -0.05) is 5.21 Å². The highest BCUT2D eigenvalue weighted by molar-refractivity contribution is 5.84. The molecule has 1 N–H and O–H groups in total. The molecule has 0 aromatic carbocycles. The summed E-state index contributed by atoms with van der Waals surface area (Å²) >= 11 is 0. The molecule has 1 fully saturated rings. The predicted octanol–water partition coefficient (Wildman–Crippen LogP) is -0.0473. The first-order chi connectivity index (χ1) is 7.72. The highest BCUT2D eigenvalue weighted by Crippen LogP contribution is 2.21. The van der Waals surface area contributed by atoms with Gasteiger partial charge in [0, 0.05) is 6.61 Å². The summed E-state index contributed by atoms with van der Waals surface area (Å²) < 4.78 is 12.3. The summed E-state index contributed by atoms with van der Waals surface area (Å²) in [5.74, 6) is -1.09. The van der Waals surface area contributed by atoms with Crippen molar-refractivity contribution < 1.29 is 19.4 Å². The Labute approximate surface area is 92.0 Å². The first kappa shape index (κ1) is 11.0. The first-order valence-electron chi connectivity index (χ1n) is 5.07. The van der Waals surface area contributed by atoms with Gasteiger partial charge in [0.15, 0.2) is 5.69 Å². The van der Waals surface area contributed by atoms with Gasteiger partial charge in [-0.3, -0.25) is 0 Å². The van der Waals surface area contributed by atoms with E-state index in [2.05, 4.69) is 10.3 Å². The van der Waals surface area contributed by atoms with E-state index in [-0.39, 0.29) is 17.8 Å². The van der Waals surface area contributed by atoms with Crippen molar-refractivity contribution in [1.29, 1.82) is 0 Å². The third-order valence-electron chi connectivity index (χ3n) is 2.45. The highest BCUT2D eigenvalue weighted by Gasteiger charge is 2.31. The van der Waals surface area contributed by atoms with Crippen LogP contribution in [0.1, 0.15) is 23.5 Å². The molecule has 7 nitrogen and oxygen atoms in total. The van der Waals surface area contributed by atoms with Gasteiger partial charge in [-0.15, -0.1) is 5.10 Å². The zero-order valence-corrected chi connectivity index (χ0v) is 8.87. The van der Waals surface area contributed by atoms with Crippen LogP contribution < -0.4 is 0 Å². The van der Waals surface area contributed by atoms with Crippen molar-refractivity contribution in [3.63, 3.8) is 0 Å². The SMILES string of the molecule is CCO[C@H]1COC[C@@H]1n1cc(C(=O)O)nn1. The van der Waals surface area contributed by atoms with Crippen molar-refractivity contribution in [3.8, 4) is 0 Å². The average molecular weight is 227 g/mol. The zero-order chi connectivity index (χ0) is 11.5. The first-order valence-corrected chi connectivity index (χ1v) is 5.07. The Morgan fingerprint density at radius 3 is 3.19 bits per heavy atom. The maximum atomic E-state index is 10.7. The molecule has 0 spiro atoms. The summed E-state index contributed by atoms with van der Waals surface area (Å²) in [6.07, 6.45) is 1.31.